The molecule has 2 aliphatic heterocycles. The van der Waals surface area contributed by atoms with Crippen LogP contribution in [0.4, 0.5) is 0 Å². The van der Waals surface area contributed by atoms with Crippen LogP contribution in [0, 0.1) is 0 Å². The lowest BCUT2D eigenvalue weighted by Crippen LogP contribution is -2.12. The average Bonchev–Trinajstić information content (AvgIpc) is 3.24. The van der Waals surface area contributed by atoms with Crippen molar-refractivity contribution in [3.63, 3.8) is 0 Å². The molecule has 0 N–H and O–H groups in total. The largest absolute Gasteiger partial charge is 0.491 e. The molecule has 0 saturated heterocycles. The van der Waals surface area contributed by atoms with E-state index in [4.69, 9.17) is 18.9 Å². The standard InChI is InChI=1S/C15H19N3O4/c1-2-19-7-8-20-11-9-12(14-16-3-5-21-14)18-13(10-11)15-17-4-6-22-15/h9-10H,2-8H2,1H3. The molecule has 22 heavy (non-hydrogen) atoms. The van der Waals surface area contributed by atoms with Crippen molar-refractivity contribution in [3.8, 4) is 5.75 Å². The summed E-state index contributed by atoms with van der Waals surface area (Å²) in [4.78, 5) is 13.1. The topological polar surface area (TPSA) is 74.5 Å². The molecule has 1 aromatic heterocycles. The van der Waals surface area contributed by atoms with E-state index < -0.39 is 0 Å². The molecule has 7 nitrogen and oxygen atoms in total. The molecule has 0 amide bonds. The molecule has 0 fully saturated rings. The normalized spacial score (nSPS) is 16.8. The molecule has 1 aromatic rings. The molecule has 7 heteroatoms. The van der Waals surface area contributed by atoms with Crippen LogP contribution < -0.4 is 4.74 Å². The van der Waals surface area contributed by atoms with E-state index in [1.807, 2.05) is 19.1 Å². The number of hydrogen-bond acceptors (Lipinski definition) is 7. The van der Waals surface area contributed by atoms with Gasteiger partial charge in [-0.05, 0) is 6.92 Å². The van der Waals surface area contributed by atoms with Crippen molar-refractivity contribution in [2.75, 3.05) is 46.1 Å². The zero-order chi connectivity index (χ0) is 15.2. The molecule has 3 heterocycles. The van der Waals surface area contributed by atoms with Crippen LogP contribution in [0.3, 0.4) is 0 Å². The van der Waals surface area contributed by atoms with Crippen molar-refractivity contribution >= 4 is 11.8 Å². The Bertz CT molecular complexity index is 544. The Morgan fingerprint density at radius 1 is 1.00 bits per heavy atom. The van der Waals surface area contributed by atoms with Gasteiger partial charge in [-0.15, -0.1) is 0 Å². The van der Waals surface area contributed by atoms with Gasteiger partial charge in [0.05, 0.1) is 19.7 Å². The number of pyridine rings is 1. The molecule has 0 radical (unpaired) electrons. The molecule has 0 aliphatic carbocycles. The van der Waals surface area contributed by atoms with Gasteiger partial charge >= 0.3 is 0 Å². The zero-order valence-corrected chi connectivity index (χ0v) is 12.6. The second kappa shape index (κ2) is 7.22. The fraction of sp³-hybridized carbons (Fsp3) is 0.533. The Balaban J connectivity index is 1.81. The van der Waals surface area contributed by atoms with Crippen molar-refractivity contribution in [1.29, 1.82) is 0 Å². The SMILES string of the molecule is CCOCCOc1cc(C2=NCCO2)nc(C2=NCCO2)c1. The monoisotopic (exact) mass is 305 g/mol. The number of hydrogen-bond donors (Lipinski definition) is 0. The lowest BCUT2D eigenvalue weighted by Gasteiger charge is -2.10. The van der Waals surface area contributed by atoms with Crippen molar-refractivity contribution in [2.24, 2.45) is 9.98 Å². The summed E-state index contributed by atoms with van der Waals surface area (Å²) in [6, 6.07) is 3.63. The Morgan fingerprint density at radius 2 is 1.64 bits per heavy atom. The highest BCUT2D eigenvalue weighted by Gasteiger charge is 2.19. The third-order valence-electron chi connectivity index (χ3n) is 3.11. The molecule has 0 atom stereocenters. The first-order valence-electron chi connectivity index (χ1n) is 7.44. The minimum Gasteiger partial charge on any atom is -0.491 e. The van der Waals surface area contributed by atoms with Crippen LogP contribution in [0.25, 0.3) is 0 Å². The highest BCUT2D eigenvalue weighted by Crippen LogP contribution is 2.19. The van der Waals surface area contributed by atoms with Crippen molar-refractivity contribution < 1.29 is 18.9 Å². The molecule has 0 bridgehead atoms. The maximum atomic E-state index is 5.72. The summed E-state index contributed by atoms with van der Waals surface area (Å²) in [5, 5.41) is 0. The molecule has 0 spiro atoms. The first-order valence-corrected chi connectivity index (χ1v) is 7.44. The minimum absolute atomic E-state index is 0.470. The summed E-state index contributed by atoms with van der Waals surface area (Å²) >= 11 is 0. The summed E-state index contributed by atoms with van der Waals surface area (Å²) < 4.78 is 22.0. The highest BCUT2D eigenvalue weighted by molar-refractivity contribution is 5.97. The molecule has 2 aliphatic rings. The number of rotatable bonds is 7. The predicted octanol–water partition coefficient (Wildman–Crippen LogP) is 1.05. The summed E-state index contributed by atoms with van der Waals surface area (Å²) in [5.41, 5.74) is 1.28. The van der Waals surface area contributed by atoms with Gasteiger partial charge in [-0.1, -0.05) is 0 Å². The van der Waals surface area contributed by atoms with Crippen LogP contribution in [0.1, 0.15) is 18.3 Å². The number of ether oxygens (including phenoxy) is 4. The zero-order valence-electron chi connectivity index (χ0n) is 12.6. The molecule has 118 valence electrons. The van der Waals surface area contributed by atoms with Crippen LogP contribution in [0.15, 0.2) is 22.1 Å². The molecule has 3 rings (SSSR count). The maximum absolute atomic E-state index is 5.72. The van der Waals surface area contributed by atoms with Crippen LogP contribution in [-0.2, 0) is 14.2 Å². The van der Waals surface area contributed by atoms with E-state index in [1.165, 1.54) is 0 Å². The smallest absolute Gasteiger partial charge is 0.235 e. The number of aromatic nitrogens is 1. The van der Waals surface area contributed by atoms with Gasteiger partial charge < -0.3 is 18.9 Å². The summed E-state index contributed by atoms with van der Waals surface area (Å²) in [6.45, 7) is 6.10. The Labute approximate surface area is 129 Å². The van der Waals surface area contributed by atoms with Gasteiger partial charge in [0, 0.05) is 18.7 Å². The molecular weight excluding hydrogens is 286 g/mol. The van der Waals surface area contributed by atoms with Gasteiger partial charge in [-0.25, -0.2) is 15.0 Å². The van der Waals surface area contributed by atoms with Crippen LogP contribution >= 0.6 is 0 Å². The predicted molar refractivity (Wildman–Crippen MR) is 80.9 cm³/mol. The summed E-state index contributed by atoms with van der Waals surface area (Å²) in [7, 11) is 0. The van der Waals surface area contributed by atoms with Gasteiger partial charge in [0.25, 0.3) is 0 Å². The van der Waals surface area contributed by atoms with Gasteiger partial charge in [0.1, 0.15) is 37.0 Å². The maximum Gasteiger partial charge on any atom is 0.235 e. The first-order chi connectivity index (χ1) is 10.9. The van der Waals surface area contributed by atoms with Gasteiger partial charge in [-0.2, -0.15) is 0 Å². The van der Waals surface area contributed by atoms with Crippen LogP contribution in [0.2, 0.25) is 0 Å². The molecule has 0 aromatic carbocycles. The second-order valence-electron chi connectivity index (χ2n) is 4.69. The Morgan fingerprint density at radius 3 is 2.14 bits per heavy atom. The van der Waals surface area contributed by atoms with Crippen molar-refractivity contribution in [3.05, 3.63) is 23.5 Å². The lowest BCUT2D eigenvalue weighted by atomic mass is 10.2. The van der Waals surface area contributed by atoms with E-state index in [2.05, 4.69) is 15.0 Å². The molecule has 0 unspecified atom stereocenters. The number of aliphatic imine (C=N–C) groups is 2. The summed E-state index contributed by atoms with van der Waals surface area (Å²) in [5.74, 6) is 1.75. The second-order valence-corrected chi connectivity index (χ2v) is 4.69. The van der Waals surface area contributed by atoms with E-state index in [0.29, 0.717) is 75.1 Å². The highest BCUT2D eigenvalue weighted by atomic mass is 16.5. The van der Waals surface area contributed by atoms with E-state index in [1.54, 1.807) is 0 Å². The fourth-order valence-corrected chi connectivity index (χ4v) is 2.15. The third kappa shape index (κ3) is 3.54. The average molecular weight is 305 g/mol. The lowest BCUT2D eigenvalue weighted by molar-refractivity contribution is 0.110. The van der Waals surface area contributed by atoms with Crippen molar-refractivity contribution in [1.82, 2.24) is 4.98 Å². The molecular formula is C15H19N3O4. The van der Waals surface area contributed by atoms with Crippen LogP contribution in [0.5, 0.6) is 5.75 Å². The van der Waals surface area contributed by atoms with Gasteiger partial charge in [-0.3, -0.25) is 0 Å². The van der Waals surface area contributed by atoms with E-state index in [9.17, 15) is 0 Å². The van der Waals surface area contributed by atoms with Crippen LogP contribution in [-0.4, -0.2) is 62.9 Å². The quantitative estimate of drug-likeness (QED) is 0.704. The van der Waals surface area contributed by atoms with E-state index in [0.717, 1.165) is 0 Å². The fourth-order valence-electron chi connectivity index (χ4n) is 2.15. The minimum atomic E-state index is 0.470. The molecule has 0 saturated carbocycles. The first kappa shape index (κ1) is 14.8. The van der Waals surface area contributed by atoms with E-state index in [-0.39, 0.29) is 0 Å². The van der Waals surface area contributed by atoms with Crippen molar-refractivity contribution in [2.45, 2.75) is 6.92 Å². The Hall–Kier alpha value is -2.15. The van der Waals surface area contributed by atoms with Gasteiger partial charge in [0.15, 0.2) is 0 Å². The summed E-state index contributed by atoms with van der Waals surface area (Å²) in [6.07, 6.45) is 0. The van der Waals surface area contributed by atoms with E-state index >= 15 is 0 Å². The van der Waals surface area contributed by atoms with Gasteiger partial charge in [0.2, 0.25) is 11.8 Å². The Kier molecular flexibility index (Phi) is 4.85. The third-order valence-corrected chi connectivity index (χ3v) is 3.11. The number of nitrogens with zero attached hydrogens (tertiary/aromatic N) is 3.